The summed E-state index contributed by atoms with van der Waals surface area (Å²) in [7, 11) is -3.01. The SMILES string of the molecule is O=[P@](CCl)(OCCCl)N(CCCl)CCCl. The summed E-state index contributed by atoms with van der Waals surface area (Å²) in [5, 5.41) is 0. The summed E-state index contributed by atoms with van der Waals surface area (Å²) >= 11 is 22.3. The molecular weight excluding hydrogens is 303 g/mol. The fourth-order valence-electron chi connectivity index (χ4n) is 0.981. The van der Waals surface area contributed by atoms with Crippen molar-refractivity contribution in [2.75, 3.05) is 43.0 Å². The number of hydrogen-bond donors (Lipinski definition) is 0. The highest BCUT2D eigenvalue weighted by Crippen LogP contribution is 2.51. The van der Waals surface area contributed by atoms with E-state index in [1.807, 2.05) is 0 Å². The zero-order chi connectivity index (χ0) is 11.7. The Labute approximate surface area is 110 Å². The lowest BCUT2D eigenvalue weighted by atomic mass is 10.6. The fraction of sp³-hybridized carbons (Fsp3) is 1.00. The van der Waals surface area contributed by atoms with Crippen LogP contribution in [0.3, 0.4) is 0 Å². The van der Waals surface area contributed by atoms with Crippen molar-refractivity contribution < 1.29 is 9.09 Å². The molecule has 0 bridgehead atoms. The molecular formula is C7H14Cl4NO2P. The molecule has 0 radical (unpaired) electrons. The number of hydrogen-bond acceptors (Lipinski definition) is 2. The van der Waals surface area contributed by atoms with E-state index in [0.717, 1.165) is 0 Å². The van der Waals surface area contributed by atoms with Crippen LogP contribution in [-0.2, 0) is 9.09 Å². The van der Waals surface area contributed by atoms with E-state index in [9.17, 15) is 4.57 Å². The van der Waals surface area contributed by atoms with Gasteiger partial charge in [0.05, 0.1) is 6.61 Å². The van der Waals surface area contributed by atoms with Crippen LogP contribution in [0.5, 0.6) is 0 Å². The van der Waals surface area contributed by atoms with Gasteiger partial charge in [-0.1, -0.05) is 0 Å². The van der Waals surface area contributed by atoms with Crippen molar-refractivity contribution in [3.63, 3.8) is 0 Å². The van der Waals surface area contributed by atoms with Crippen molar-refractivity contribution in [3.05, 3.63) is 0 Å². The molecule has 0 saturated carbocycles. The first-order chi connectivity index (χ1) is 7.14. The lowest BCUT2D eigenvalue weighted by Crippen LogP contribution is -2.27. The topological polar surface area (TPSA) is 29.5 Å². The summed E-state index contributed by atoms with van der Waals surface area (Å²) in [5.41, 5.74) is -0.0856. The minimum absolute atomic E-state index is 0.0856. The normalized spacial score (nSPS) is 15.5. The number of halogens is 4. The first kappa shape index (κ1) is 16.3. The third-order valence-corrected chi connectivity index (χ3v) is 5.19. The summed E-state index contributed by atoms with van der Waals surface area (Å²) in [6, 6.07) is 0. The van der Waals surface area contributed by atoms with Gasteiger partial charge in [0.25, 0.3) is 7.52 Å². The Morgan fingerprint density at radius 2 is 1.53 bits per heavy atom. The monoisotopic (exact) mass is 315 g/mol. The van der Waals surface area contributed by atoms with Crippen LogP contribution in [0.1, 0.15) is 0 Å². The van der Waals surface area contributed by atoms with E-state index in [2.05, 4.69) is 0 Å². The molecule has 0 aromatic heterocycles. The largest absolute Gasteiger partial charge is 0.315 e. The third-order valence-electron chi connectivity index (χ3n) is 1.64. The molecule has 0 amide bonds. The van der Waals surface area contributed by atoms with E-state index in [0.29, 0.717) is 24.8 Å². The van der Waals surface area contributed by atoms with E-state index in [4.69, 9.17) is 50.9 Å². The predicted molar refractivity (Wildman–Crippen MR) is 68.0 cm³/mol. The zero-order valence-electron chi connectivity index (χ0n) is 8.17. The Morgan fingerprint density at radius 1 is 1.00 bits per heavy atom. The van der Waals surface area contributed by atoms with E-state index in [1.54, 1.807) is 4.67 Å². The van der Waals surface area contributed by atoms with Gasteiger partial charge in [0.2, 0.25) is 0 Å². The van der Waals surface area contributed by atoms with Gasteiger partial charge in [-0.15, -0.1) is 46.4 Å². The highest BCUT2D eigenvalue weighted by atomic mass is 35.5. The van der Waals surface area contributed by atoms with Crippen molar-refractivity contribution in [1.82, 2.24) is 4.67 Å². The smallest absolute Gasteiger partial charge is 0.287 e. The van der Waals surface area contributed by atoms with Gasteiger partial charge in [0.15, 0.2) is 0 Å². The highest BCUT2D eigenvalue weighted by molar-refractivity contribution is 7.58. The van der Waals surface area contributed by atoms with Crippen LogP contribution in [0.2, 0.25) is 0 Å². The molecule has 0 fully saturated rings. The molecule has 0 saturated heterocycles. The lowest BCUT2D eigenvalue weighted by Gasteiger charge is -2.28. The Hall–Kier alpha value is 1.31. The average Bonchev–Trinajstić information content (AvgIpc) is 2.25. The van der Waals surface area contributed by atoms with Crippen LogP contribution in [0.25, 0.3) is 0 Å². The molecule has 0 aromatic carbocycles. The highest BCUT2D eigenvalue weighted by Gasteiger charge is 2.29. The zero-order valence-corrected chi connectivity index (χ0v) is 12.1. The van der Waals surface area contributed by atoms with Crippen molar-refractivity contribution in [3.8, 4) is 0 Å². The standard InChI is InChI=1S/C7H14Cl4NO2P/c8-1-4-12(5-2-9)15(13,7-11)14-6-3-10/h1-7H2/t15-/m1/s1. The Bertz CT molecular complexity index is 201. The first-order valence-electron chi connectivity index (χ1n) is 4.37. The molecule has 0 unspecified atom stereocenters. The predicted octanol–water partition coefficient (Wildman–Crippen LogP) is 3.41. The number of alkyl halides is 4. The maximum atomic E-state index is 12.2. The van der Waals surface area contributed by atoms with Crippen LogP contribution in [0.4, 0.5) is 0 Å². The van der Waals surface area contributed by atoms with Gasteiger partial charge >= 0.3 is 0 Å². The minimum atomic E-state index is -3.01. The molecule has 8 heteroatoms. The lowest BCUT2D eigenvalue weighted by molar-refractivity contribution is 0.284. The van der Waals surface area contributed by atoms with Crippen LogP contribution < -0.4 is 0 Å². The van der Waals surface area contributed by atoms with E-state index in [1.165, 1.54) is 0 Å². The van der Waals surface area contributed by atoms with E-state index in [-0.39, 0.29) is 18.1 Å². The van der Waals surface area contributed by atoms with Crippen LogP contribution in [-0.4, -0.2) is 47.6 Å². The van der Waals surface area contributed by atoms with Gasteiger partial charge in [-0.2, -0.15) is 0 Å². The fourth-order valence-corrected chi connectivity index (χ4v) is 4.04. The summed E-state index contributed by atoms with van der Waals surface area (Å²) in [5.74, 6) is 0.973. The van der Waals surface area contributed by atoms with Crippen LogP contribution >= 0.6 is 53.9 Å². The second-order valence-corrected chi connectivity index (χ2v) is 6.80. The molecule has 1 atom stereocenters. The van der Waals surface area contributed by atoms with E-state index >= 15 is 0 Å². The Morgan fingerprint density at radius 3 is 1.87 bits per heavy atom. The number of rotatable bonds is 9. The number of nitrogens with zero attached hydrogens (tertiary/aromatic N) is 1. The van der Waals surface area contributed by atoms with E-state index < -0.39 is 7.52 Å². The molecule has 0 N–H and O–H groups in total. The Kier molecular flexibility index (Phi) is 10.2. The van der Waals surface area contributed by atoms with Crippen molar-refractivity contribution in [2.45, 2.75) is 0 Å². The maximum absolute atomic E-state index is 12.2. The molecule has 0 aliphatic heterocycles. The van der Waals surface area contributed by atoms with Gasteiger partial charge in [0, 0.05) is 30.7 Å². The quantitative estimate of drug-likeness (QED) is 0.482. The molecule has 0 aliphatic carbocycles. The molecule has 0 aliphatic rings. The summed E-state index contributed by atoms with van der Waals surface area (Å²) in [6.07, 6.45) is 0. The Balaban J connectivity index is 4.46. The van der Waals surface area contributed by atoms with Crippen molar-refractivity contribution >= 4 is 53.9 Å². The molecule has 92 valence electrons. The average molecular weight is 317 g/mol. The summed E-state index contributed by atoms with van der Waals surface area (Å²) in [4.78, 5) is 0. The third kappa shape index (κ3) is 5.97. The second-order valence-electron chi connectivity index (χ2n) is 2.61. The van der Waals surface area contributed by atoms with Gasteiger partial charge < -0.3 is 4.52 Å². The summed E-state index contributed by atoms with van der Waals surface area (Å²) < 4.78 is 19.0. The van der Waals surface area contributed by atoms with Gasteiger partial charge in [-0.05, 0) is 0 Å². The van der Waals surface area contributed by atoms with Crippen LogP contribution in [0, 0.1) is 0 Å². The second kappa shape index (κ2) is 9.35. The van der Waals surface area contributed by atoms with Crippen molar-refractivity contribution in [1.29, 1.82) is 0 Å². The maximum Gasteiger partial charge on any atom is 0.287 e. The first-order valence-corrected chi connectivity index (χ1v) is 8.27. The van der Waals surface area contributed by atoms with Crippen LogP contribution in [0.15, 0.2) is 0 Å². The molecule has 0 rings (SSSR count). The van der Waals surface area contributed by atoms with Crippen molar-refractivity contribution in [2.24, 2.45) is 0 Å². The molecule has 15 heavy (non-hydrogen) atoms. The minimum Gasteiger partial charge on any atom is -0.315 e. The summed E-state index contributed by atoms with van der Waals surface area (Å²) in [6.45, 7) is 1.06. The van der Waals surface area contributed by atoms with Gasteiger partial charge in [-0.3, -0.25) is 4.57 Å². The molecule has 0 heterocycles. The molecule has 3 nitrogen and oxygen atoms in total. The van der Waals surface area contributed by atoms with Gasteiger partial charge in [0.1, 0.15) is 5.62 Å². The molecule has 0 aromatic rings. The molecule has 0 spiro atoms. The van der Waals surface area contributed by atoms with Gasteiger partial charge in [-0.25, -0.2) is 4.67 Å².